The molecule has 1 heterocycles. The van der Waals surface area contributed by atoms with Gasteiger partial charge in [0.15, 0.2) is 0 Å². The van der Waals surface area contributed by atoms with Gasteiger partial charge in [0.25, 0.3) is 0 Å². The Balaban J connectivity index is 2.11. The third-order valence-electron chi connectivity index (χ3n) is 4.54. The molecule has 142 valence electrons. The number of piperidine rings is 1. The van der Waals surface area contributed by atoms with Crippen LogP contribution in [0.15, 0.2) is 24.3 Å². The zero-order chi connectivity index (χ0) is 19.5. The SMILES string of the molecule is CC(C)(C)OC(=O)N1CCC(Cc2cccc(C(=O)O)c2)(C(=O)O)CC1. The maximum atomic E-state index is 12.2. The molecule has 0 radical (unpaired) electrons. The molecule has 0 spiro atoms. The molecule has 1 aromatic carbocycles. The Bertz CT molecular complexity index is 698. The predicted octanol–water partition coefficient (Wildman–Crippen LogP) is 3.03. The second-order valence-electron chi connectivity index (χ2n) is 7.74. The first-order valence-electron chi connectivity index (χ1n) is 8.56. The first-order valence-corrected chi connectivity index (χ1v) is 8.56. The van der Waals surface area contributed by atoms with Crippen molar-refractivity contribution in [3.05, 3.63) is 35.4 Å². The molecule has 1 aliphatic rings. The summed E-state index contributed by atoms with van der Waals surface area (Å²) >= 11 is 0. The van der Waals surface area contributed by atoms with Gasteiger partial charge in [0.2, 0.25) is 0 Å². The van der Waals surface area contributed by atoms with E-state index in [1.807, 2.05) is 0 Å². The Labute approximate surface area is 152 Å². The Morgan fingerprint density at radius 3 is 2.27 bits per heavy atom. The van der Waals surface area contributed by atoms with Crippen molar-refractivity contribution in [3.8, 4) is 0 Å². The standard InChI is InChI=1S/C19H25NO6/c1-18(2,3)26-17(25)20-9-7-19(8-10-20,16(23)24)12-13-5-4-6-14(11-13)15(21)22/h4-6,11H,7-10,12H2,1-3H3,(H,21,22)(H,23,24). The molecule has 0 aromatic heterocycles. The van der Waals surface area contributed by atoms with Crippen molar-refractivity contribution < 1.29 is 29.3 Å². The van der Waals surface area contributed by atoms with Crippen LogP contribution >= 0.6 is 0 Å². The van der Waals surface area contributed by atoms with Crippen molar-refractivity contribution in [3.63, 3.8) is 0 Å². The lowest BCUT2D eigenvalue weighted by molar-refractivity contribution is -0.152. The van der Waals surface area contributed by atoms with Crippen molar-refractivity contribution in [1.29, 1.82) is 0 Å². The lowest BCUT2D eigenvalue weighted by Crippen LogP contribution is -2.48. The normalized spacial score (nSPS) is 16.8. The number of benzene rings is 1. The van der Waals surface area contributed by atoms with Crippen molar-refractivity contribution in [2.75, 3.05) is 13.1 Å². The molecule has 0 atom stereocenters. The Morgan fingerprint density at radius 1 is 1.15 bits per heavy atom. The minimum absolute atomic E-state index is 0.134. The quantitative estimate of drug-likeness (QED) is 0.852. The molecule has 1 aliphatic heterocycles. The number of carbonyl (C=O) groups excluding carboxylic acids is 1. The third kappa shape index (κ3) is 4.74. The van der Waals surface area contributed by atoms with Crippen LogP contribution in [-0.2, 0) is 16.0 Å². The van der Waals surface area contributed by atoms with Gasteiger partial charge in [-0.1, -0.05) is 12.1 Å². The zero-order valence-corrected chi connectivity index (χ0v) is 15.3. The van der Waals surface area contributed by atoms with Crippen LogP contribution < -0.4 is 0 Å². The second-order valence-corrected chi connectivity index (χ2v) is 7.74. The fraction of sp³-hybridized carbons (Fsp3) is 0.526. The number of nitrogens with zero attached hydrogens (tertiary/aromatic N) is 1. The lowest BCUT2D eigenvalue weighted by atomic mass is 9.73. The van der Waals surface area contributed by atoms with Crippen LogP contribution in [0.2, 0.25) is 0 Å². The van der Waals surface area contributed by atoms with Crippen LogP contribution in [0.25, 0.3) is 0 Å². The topological polar surface area (TPSA) is 104 Å². The molecule has 2 rings (SSSR count). The van der Waals surface area contributed by atoms with Crippen LogP contribution in [0.1, 0.15) is 49.5 Å². The van der Waals surface area contributed by atoms with E-state index >= 15 is 0 Å². The number of carbonyl (C=O) groups is 3. The minimum Gasteiger partial charge on any atom is -0.481 e. The minimum atomic E-state index is -1.05. The number of hydrogen-bond donors (Lipinski definition) is 2. The number of ether oxygens (including phenoxy) is 1. The molecule has 7 nitrogen and oxygen atoms in total. The Hall–Kier alpha value is -2.57. The van der Waals surface area contributed by atoms with Gasteiger partial charge in [0.05, 0.1) is 11.0 Å². The monoisotopic (exact) mass is 363 g/mol. The average molecular weight is 363 g/mol. The first-order chi connectivity index (χ1) is 12.0. The van der Waals surface area contributed by atoms with Gasteiger partial charge in [0.1, 0.15) is 5.60 Å². The molecule has 0 bridgehead atoms. The molecule has 1 amide bonds. The molecule has 1 aromatic rings. The maximum absolute atomic E-state index is 12.2. The van der Waals surface area contributed by atoms with E-state index in [0.29, 0.717) is 31.5 Å². The van der Waals surface area contributed by atoms with Gasteiger partial charge in [-0.25, -0.2) is 9.59 Å². The van der Waals surface area contributed by atoms with Gasteiger partial charge >= 0.3 is 18.0 Å². The van der Waals surface area contributed by atoms with E-state index in [0.717, 1.165) is 0 Å². The zero-order valence-electron chi connectivity index (χ0n) is 15.3. The summed E-state index contributed by atoms with van der Waals surface area (Å²) in [5.41, 5.74) is -0.821. The summed E-state index contributed by atoms with van der Waals surface area (Å²) in [5, 5.41) is 18.9. The molecule has 0 unspecified atom stereocenters. The van der Waals surface area contributed by atoms with Crippen molar-refractivity contribution in [2.45, 2.75) is 45.6 Å². The van der Waals surface area contributed by atoms with E-state index in [1.165, 1.54) is 17.0 Å². The van der Waals surface area contributed by atoms with Crippen molar-refractivity contribution >= 4 is 18.0 Å². The van der Waals surface area contributed by atoms with E-state index in [1.54, 1.807) is 32.9 Å². The first kappa shape index (κ1) is 19.8. The van der Waals surface area contributed by atoms with Crippen molar-refractivity contribution in [1.82, 2.24) is 4.90 Å². The summed E-state index contributed by atoms with van der Waals surface area (Å²) in [6, 6.07) is 6.33. The van der Waals surface area contributed by atoms with Gasteiger partial charge < -0.3 is 19.8 Å². The van der Waals surface area contributed by atoms with E-state index in [9.17, 15) is 19.5 Å². The van der Waals surface area contributed by atoms with Gasteiger partial charge in [0, 0.05) is 13.1 Å². The average Bonchev–Trinajstić information content (AvgIpc) is 2.54. The molecule has 7 heteroatoms. The summed E-state index contributed by atoms with van der Waals surface area (Å²) in [6.07, 6.45) is 0.368. The number of likely N-dealkylation sites (tertiary alicyclic amines) is 1. The van der Waals surface area contributed by atoms with E-state index in [-0.39, 0.29) is 12.0 Å². The number of aliphatic carboxylic acids is 1. The molecule has 2 N–H and O–H groups in total. The Kier molecular flexibility index (Phi) is 5.59. The van der Waals surface area contributed by atoms with Gasteiger partial charge in [-0.15, -0.1) is 0 Å². The second kappa shape index (κ2) is 7.35. The summed E-state index contributed by atoms with van der Waals surface area (Å²) in [7, 11) is 0. The number of carboxylic acid groups (broad SMARTS) is 2. The molecule has 1 saturated heterocycles. The lowest BCUT2D eigenvalue weighted by Gasteiger charge is -2.39. The van der Waals surface area contributed by atoms with Crippen LogP contribution in [-0.4, -0.2) is 51.8 Å². The van der Waals surface area contributed by atoms with Crippen LogP contribution in [0.3, 0.4) is 0 Å². The summed E-state index contributed by atoms with van der Waals surface area (Å²) in [5.74, 6) is -1.97. The number of carboxylic acids is 2. The van der Waals surface area contributed by atoms with Crippen molar-refractivity contribution in [2.24, 2.45) is 5.41 Å². The molecule has 0 saturated carbocycles. The molecule has 26 heavy (non-hydrogen) atoms. The molecular weight excluding hydrogens is 338 g/mol. The third-order valence-corrected chi connectivity index (χ3v) is 4.54. The summed E-state index contributed by atoms with van der Waals surface area (Å²) in [6.45, 7) is 5.93. The van der Waals surface area contributed by atoms with Gasteiger partial charge in [-0.3, -0.25) is 4.79 Å². The highest BCUT2D eigenvalue weighted by Gasteiger charge is 2.43. The largest absolute Gasteiger partial charge is 0.481 e. The van der Waals surface area contributed by atoms with E-state index in [4.69, 9.17) is 9.84 Å². The Morgan fingerprint density at radius 2 is 1.77 bits per heavy atom. The number of rotatable bonds is 4. The van der Waals surface area contributed by atoms with Crippen LogP contribution in [0.5, 0.6) is 0 Å². The smallest absolute Gasteiger partial charge is 0.410 e. The summed E-state index contributed by atoms with van der Waals surface area (Å²) in [4.78, 5) is 36.8. The van der Waals surface area contributed by atoms with Crippen LogP contribution in [0.4, 0.5) is 4.79 Å². The van der Waals surface area contributed by atoms with Gasteiger partial charge in [-0.2, -0.15) is 0 Å². The number of hydrogen-bond acceptors (Lipinski definition) is 4. The summed E-state index contributed by atoms with van der Waals surface area (Å²) < 4.78 is 5.34. The van der Waals surface area contributed by atoms with E-state index in [2.05, 4.69) is 0 Å². The fourth-order valence-electron chi connectivity index (χ4n) is 3.12. The fourth-order valence-corrected chi connectivity index (χ4v) is 3.12. The molecule has 1 fully saturated rings. The highest BCUT2D eigenvalue weighted by atomic mass is 16.6. The maximum Gasteiger partial charge on any atom is 0.410 e. The predicted molar refractivity (Wildman–Crippen MR) is 94.2 cm³/mol. The van der Waals surface area contributed by atoms with Crippen LogP contribution in [0, 0.1) is 5.41 Å². The number of aromatic carboxylic acids is 1. The molecular formula is C19H25NO6. The van der Waals surface area contributed by atoms with Gasteiger partial charge in [-0.05, 0) is 57.7 Å². The highest BCUT2D eigenvalue weighted by Crippen LogP contribution is 2.36. The molecule has 0 aliphatic carbocycles. The van der Waals surface area contributed by atoms with E-state index < -0.39 is 29.0 Å². The highest BCUT2D eigenvalue weighted by molar-refractivity contribution is 5.87. The number of amides is 1.